The third kappa shape index (κ3) is 4.22. The Labute approximate surface area is 112 Å². The van der Waals surface area contributed by atoms with E-state index in [4.69, 9.17) is 4.74 Å². The maximum absolute atomic E-state index is 5.45. The molecule has 0 saturated carbocycles. The normalized spacial score (nSPS) is 30.0. The monoisotopic (exact) mass is 254 g/mol. The molecule has 2 rings (SSSR count). The van der Waals surface area contributed by atoms with Crippen molar-refractivity contribution in [3.8, 4) is 0 Å². The Kier molecular flexibility index (Phi) is 5.93. The molecule has 2 heterocycles. The summed E-state index contributed by atoms with van der Waals surface area (Å²) in [7, 11) is 0. The lowest BCUT2D eigenvalue weighted by molar-refractivity contribution is 0.0541. The van der Waals surface area contributed by atoms with E-state index in [0.717, 1.165) is 25.2 Å². The molecule has 0 spiro atoms. The zero-order valence-electron chi connectivity index (χ0n) is 12.2. The Morgan fingerprint density at radius 1 is 1.17 bits per heavy atom. The number of rotatable bonds is 4. The van der Waals surface area contributed by atoms with Gasteiger partial charge in [0.2, 0.25) is 0 Å². The van der Waals surface area contributed by atoms with Crippen LogP contribution in [0.3, 0.4) is 0 Å². The second-order valence-electron chi connectivity index (χ2n) is 5.97. The molecule has 3 heteroatoms. The van der Waals surface area contributed by atoms with Gasteiger partial charge in [-0.1, -0.05) is 6.92 Å². The van der Waals surface area contributed by atoms with E-state index in [1.807, 2.05) is 0 Å². The summed E-state index contributed by atoms with van der Waals surface area (Å²) >= 11 is 0. The number of hydrogen-bond acceptors (Lipinski definition) is 3. The largest absolute Gasteiger partial charge is 0.381 e. The third-order valence-corrected chi connectivity index (χ3v) is 4.74. The number of likely N-dealkylation sites (tertiary alicyclic amines) is 1. The van der Waals surface area contributed by atoms with Crippen molar-refractivity contribution < 1.29 is 4.74 Å². The van der Waals surface area contributed by atoms with Gasteiger partial charge in [-0.25, -0.2) is 0 Å². The van der Waals surface area contributed by atoms with Crippen molar-refractivity contribution in [1.29, 1.82) is 0 Å². The summed E-state index contributed by atoms with van der Waals surface area (Å²) in [6, 6.07) is 1.39. The van der Waals surface area contributed by atoms with Crippen LogP contribution >= 0.6 is 0 Å². The van der Waals surface area contributed by atoms with Crippen molar-refractivity contribution in [2.75, 3.05) is 32.8 Å². The molecule has 2 unspecified atom stereocenters. The quantitative estimate of drug-likeness (QED) is 0.833. The Hall–Kier alpha value is -0.120. The van der Waals surface area contributed by atoms with E-state index in [9.17, 15) is 0 Å². The lowest BCUT2D eigenvalue weighted by Crippen LogP contribution is -2.43. The molecule has 1 N–H and O–H groups in total. The second kappa shape index (κ2) is 7.46. The van der Waals surface area contributed by atoms with Gasteiger partial charge in [-0.15, -0.1) is 0 Å². The number of nitrogens with one attached hydrogen (secondary N) is 1. The Balaban J connectivity index is 1.74. The van der Waals surface area contributed by atoms with Gasteiger partial charge in [0.25, 0.3) is 0 Å². The van der Waals surface area contributed by atoms with Crippen LogP contribution < -0.4 is 5.32 Å². The van der Waals surface area contributed by atoms with E-state index in [0.29, 0.717) is 6.04 Å². The third-order valence-electron chi connectivity index (χ3n) is 4.74. The Morgan fingerprint density at radius 3 is 2.67 bits per heavy atom. The minimum atomic E-state index is 0.659. The predicted octanol–water partition coefficient (Wildman–Crippen LogP) is 2.27. The molecule has 2 saturated heterocycles. The van der Waals surface area contributed by atoms with Crippen molar-refractivity contribution in [3.63, 3.8) is 0 Å². The van der Waals surface area contributed by atoms with Gasteiger partial charge in [0.1, 0.15) is 0 Å². The van der Waals surface area contributed by atoms with Gasteiger partial charge in [0, 0.05) is 25.3 Å². The molecular weight excluding hydrogens is 224 g/mol. The molecule has 0 aliphatic carbocycles. The van der Waals surface area contributed by atoms with Gasteiger partial charge in [0.15, 0.2) is 0 Å². The lowest BCUT2D eigenvalue weighted by atomic mass is 9.92. The van der Waals surface area contributed by atoms with Crippen molar-refractivity contribution in [3.05, 3.63) is 0 Å². The minimum Gasteiger partial charge on any atom is -0.381 e. The summed E-state index contributed by atoms with van der Waals surface area (Å²) in [6.45, 7) is 10.4. The van der Waals surface area contributed by atoms with E-state index in [2.05, 4.69) is 24.1 Å². The Morgan fingerprint density at radius 2 is 1.94 bits per heavy atom. The fourth-order valence-corrected chi connectivity index (χ4v) is 3.36. The van der Waals surface area contributed by atoms with E-state index < -0.39 is 0 Å². The maximum Gasteiger partial charge on any atom is 0.0469 e. The van der Waals surface area contributed by atoms with Crippen LogP contribution in [0, 0.1) is 5.92 Å². The highest BCUT2D eigenvalue weighted by Crippen LogP contribution is 2.20. The molecule has 18 heavy (non-hydrogen) atoms. The molecule has 0 aromatic heterocycles. The molecule has 3 nitrogen and oxygen atoms in total. The van der Waals surface area contributed by atoms with Gasteiger partial charge < -0.3 is 15.0 Å². The van der Waals surface area contributed by atoms with Gasteiger partial charge >= 0.3 is 0 Å². The molecule has 0 aromatic carbocycles. The fourth-order valence-electron chi connectivity index (χ4n) is 3.36. The van der Waals surface area contributed by atoms with Crippen LogP contribution in [-0.4, -0.2) is 49.8 Å². The molecule has 0 aromatic rings. The van der Waals surface area contributed by atoms with Crippen molar-refractivity contribution in [1.82, 2.24) is 10.2 Å². The van der Waals surface area contributed by atoms with Gasteiger partial charge in [0.05, 0.1) is 0 Å². The van der Waals surface area contributed by atoms with E-state index in [1.54, 1.807) is 0 Å². The first-order valence-electron chi connectivity index (χ1n) is 7.85. The van der Waals surface area contributed by atoms with Gasteiger partial charge in [-0.05, 0) is 64.6 Å². The molecular formula is C15H30N2O. The summed E-state index contributed by atoms with van der Waals surface area (Å²) < 4.78 is 5.45. The summed E-state index contributed by atoms with van der Waals surface area (Å²) in [5.41, 5.74) is 0. The molecule has 2 aliphatic heterocycles. The molecule has 2 fully saturated rings. The first kappa shape index (κ1) is 14.3. The standard InChI is InChI=1S/C15H30N2O/c1-3-17-9-4-5-15(6-10-17)16-13(2)14-7-11-18-12-8-14/h13-16H,3-12H2,1-2H3. The zero-order valence-corrected chi connectivity index (χ0v) is 12.2. The van der Waals surface area contributed by atoms with Crippen LogP contribution in [0.4, 0.5) is 0 Å². The maximum atomic E-state index is 5.45. The molecule has 2 aliphatic rings. The van der Waals surface area contributed by atoms with Crippen molar-refractivity contribution in [2.24, 2.45) is 5.92 Å². The number of ether oxygens (including phenoxy) is 1. The average Bonchev–Trinajstić information content (AvgIpc) is 2.65. The van der Waals surface area contributed by atoms with E-state index in [-0.39, 0.29) is 0 Å². The lowest BCUT2D eigenvalue weighted by Gasteiger charge is -2.31. The van der Waals surface area contributed by atoms with Crippen LogP contribution in [0.15, 0.2) is 0 Å². The minimum absolute atomic E-state index is 0.659. The first-order chi connectivity index (χ1) is 8.79. The molecule has 2 atom stereocenters. The molecule has 0 amide bonds. The molecule has 0 radical (unpaired) electrons. The van der Waals surface area contributed by atoms with Crippen LogP contribution in [0.2, 0.25) is 0 Å². The highest BCUT2D eigenvalue weighted by atomic mass is 16.5. The summed E-state index contributed by atoms with van der Waals surface area (Å²) in [4.78, 5) is 2.58. The SMILES string of the molecule is CCN1CCCC(NC(C)C2CCOCC2)CC1. The van der Waals surface area contributed by atoms with Crippen LogP contribution in [0.25, 0.3) is 0 Å². The van der Waals surface area contributed by atoms with Crippen LogP contribution in [-0.2, 0) is 4.74 Å². The smallest absolute Gasteiger partial charge is 0.0469 e. The molecule has 106 valence electrons. The fraction of sp³-hybridized carbons (Fsp3) is 1.00. The predicted molar refractivity (Wildman–Crippen MR) is 75.9 cm³/mol. The summed E-state index contributed by atoms with van der Waals surface area (Å²) in [5.74, 6) is 0.823. The first-order valence-corrected chi connectivity index (χ1v) is 7.85. The molecule has 0 bridgehead atoms. The summed E-state index contributed by atoms with van der Waals surface area (Å²) in [5, 5.41) is 3.89. The van der Waals surface area contributed by atoms with Gasteiger partial charge in [-0.3, -0.25) is 0 Å². The average molecular weight is 254 g/mol. The highest BCUT2D eigenvalue weighted by Gasteiger charge is 2.23. The van der Waals surface area contributed by atoms with Crippen LogP contribution in [0.5, 0.6) is 0 Å². The second-order valence-corrected chi connectivity index (χ2v) is 5.97. The summed E-state index contributed by atoms with van der Waals surface area (Å²) in [6.07, 6.45) is 6.50. The van der Waals surface area contributed by atoms with E-state index >= 15 is 0 Å². The van der Waals surface area contributed by atoms with Crippen LogP contribution in [0.1, 0.15) is 46.0 Å². The zero-order chi connectivity index (χ0) is 12.8. The van der Waals surface area contributed by atoms with Crippen molar-refractivity contribution >= 4 is 0 Å². The topological polar surface area (TPSA) is 24.5 Å². The van der Waals surface area contributed by atoms with E-state index in [1.165, 1.54) is 51.7 Å². The van der Waals surface area contributed by atoms with Crippen molar-refractivity contribution in [2.45, 2.75) is 58.0 Å². The highest BCUT2D eigenvalue weighted by molar-refractivity contribution is 4.81. The number of nitrogens with zero attached hydrogens (tertiary/aromatic N) is 1. The number of hydrogen-bond donors (Lipinski definition) is 1. The van der Waals surface area contributed by atoms with Gasteiger partial charge in [-0.2, -0.15) is 0 Å². The Bertz CT molecular complexity index is 229.